The molecule has 4 heteroatoms. The maximum absolute atomic E-state index is 10.4. The summed E-state index contributed by atoms with van der Waals surface area (Å²) in [7, 11) is 4.00. The van der Waals surface area contributed by atoms with Crippen molar-refractivity contribution in [1.82, 2.24) is 10.2 Å². The van der Waals surface area contributed by atoms with Crippen molar-refractivity contribution in [2.24, 2.45) is 0 Å². The number of nitrogens with one attached hydrogen (secondary N) is 1. The Kier molecular flexibility index (Phi) is 5.66. The third-order valence-electron chi connectivity index (χ3n) is 1.60. The van der Waals surface area contributed by atoms with Gasteiger partial charge < -0.3 is 15.3 Å². The van der Waals surface area contributed by atoms with Crippen molar-refractivity contribution >= 4 is 5.97 Å². The number of carboxylic acid groups (broad SMARTS) is 1. The van der Waals surface area contributed by atoms with Crippen LogP contribution in [0.3, 0.4) is 0 Å². The molecule has 0 aliphatic rings. The van der Waals surface area contributed by atoms with E-state index < -0.39 is 12.0 Å². The number of carbonyl (C=O) groups is 1. The largest absolute Gasteiger partial charge is 0.480 e. The fourth-order valence-corrected chi connectivity index (χ4v) is 0.801. The molecule has 0 aromatic carbocycles. The highest BCUT2D eigenvalue weighted by molar-refractivity contribution is 5.72. The number of rotatable bonds is 6. The summed E-state index contributed by atoms with van der Waals surface area (Å²) in [6, 6.07) is -0.438. The van der Waals surface area contributed by atoms with Gasteiger partial charge in [-0.1, -0.05) is 0 Å². The van der Waals surface area contributed by atoms with Crippen molar-refractivity contribution in [3.8, 4) is 0 Å². The number of carboxylic acids is 1. The number of nitrogens with zero attached hydrogens (tertiary/aromatic N) is 1. The first kappa shape index (κ1) is 11.4. The molecule has 0 saturated carbocycles. The van der Waals surface area contributed by atoms with Gasteiger partial charge in [-0.25, -0.2) is 0 Å². The lowest BCUT2D eigenvalue weighted by Crippen LogP contribution is -2.35. The second-order valence-corrected chi connectivity index (χ2v) is 3.17. The molecule has 0 spiro atoms. The highest BCUT2D eigenvalue weighted by Crippen LogP contribution is 1.84. The quantitative estimate of drug-likeness (QED) is 0.557. The Bertz CT molecular complexity index is 137. The van der Waals surface area contributed by atoms with E-state index in [1.54, 1.807) is 6.92 Å². The van der Waals surface area contributed by atoms with Gasteiger partial charge in [0.1, 0.15) is 6.04 Å². The molecule has 0 fully saturated rings. The Morgan fingerprint density at radius 3 is 2.58 bits per heavy atom. The van der Waals surface area contributed by atoms with Gasteiger partial charge in [0.15, 0.2) is 0 Å². The van der Waals surface area contributed by atoms with Gasteiger partial charge in [-0.15, -0.1) is 0 Å². The topological polar surface area (TPSA) is 52.6 Å². The number of hydrogen-bond acceptors (Lipinski definition) is 3. The molecule has 0 amide bonds. The summed E-state index contributed by atoms with van der Waals surface area (Å²) < 4.78 is 0. The van der Waals surface area contributed by atoms with E-state index in [1.165, 1.54) is 0 Å². The molecular formula is C8H18N2O2. The molecule has 1 unspecified atom stereocenters. The molecule has 0 aliphatic carbocycles. The van der Waals surface area contributed by atoms with E-state index in [2.05, 4.69) is 10.2 Å². The lowest BCUT2D eigenvalue weighted by atomic mass is 10.3. The van der Waals surface area contributed by atoms with Gasteiger partial charge in [0, 0.05) is 0 Å². The smallest absolute Gasteiger partial charge is 0.320 e. The molecule has 1 atom stereocenters. The summed E-state index contributed by atoms with van der Waals surface area (Å²) in [5.74, 6) is -0.792. The van der Waals surface area contributed by atoms with E-state index in [4.69, 9.17) is 5.11 Å². The zero-order valence-corrected chi connectivity index (χ0v) is 8.00. The second-order valence-electron chi connectivity index (χ2n) is 3.17. The molecule has 0 aliphatic heterocycles. The van der Waals surface area contributed by atoms with Crippen molar-refractivity contribution in [3.05, 3.63) is 0 Å². The summed E-state index contributed by atoms with van der Waals surface area (Å²) in [5.41, 5.74) is 0. The molecule has 0 aromatic rings. The van der Waals surface area contributed by atoms with Gasteiger partial charge in [0.2, 0.25) is 0 Å². The predicted octanol–water partition coefficient (Wildman–Crippen LogP) is 0.000800. The van der Waals surface area contributed by atoms with Crippen LogP contribution in [0.5, 0.6) is 0 Å². The third kappa shape index (κ3) is 6.12. The molecule has 0 aromatic heterocycles. The maximum Gasteiger partial charge on any atom is 0.320 e. The lowest BCUT2D eigenvalue weighted by Gasteiger charge is -2.11. The Morgan fingerprint density at radius 1 is 1.58 bits per heavy atom. The minimum absolute atomic E-state index is 0.438. The van der Waals surface area contributed by atoms with E-state index in [-0.39, 0.29) is 0 Å². The van der Waals surface area contributed by atoms with Gasteiger partial charge in [0.05, 0.1) is 0 Å². The van der Waals surface area contributed by atoms with Crippen LogP contribution in [0.25, 0.3) is 0 Å². The molecule has 0 rings (SSSR count). The van der Waals surface area contributed by atoms with Gasteiger partial charge in [-0.05, 0) is 40.5 Å². The van der Waals surface area contributed by atoms with Crippen molar-refractivity contribution in [2.45, 2.75) is 19.4 Å². The van der Waals surface area contributed by atoms with E-state index in [1.807, 2.05) is 14.1 Å². The second kappa shape index (κ2) is 5.97. The Morgan fingerprint density at radius 2 is 2.17 bits per heavy atom. The highest BCUT2D eigenvalue weighted by Gasteiger charge is 2.07. The molecule has 2 N–H and O–H groups in total. The van der Waals surface area contributed by atoms with Gasteiger partial charge in [-0.3, -0.25) is 4.79 Å². The number of hydrogen-bond donors (Lipinski definition) is 2. The molecule has 0 heterocycles. The Balaban J connectivity index is 3.25. The van der Waals surface area contributed by atoms with Crippen molar-refractivity contribution in [3.63, 3.8) is 0 Å². The van der Waals surface area contributed by atoms with E-state index in [0.717, 1.165) is 19.5 Å². The van der Waals surface area contributed by atoms with Crippen LogP contribution in [-0.4, -0.2) is 49.2 Å². The zero-order valence-electron chi connectivity index (χ0n) is 8.00. The standard InChI is InChI=1S/C8H18N2O2/c1-7(8(11)12)9-5-4-6-10(2)3/h7,9H,4-6H2,1-3H3,(H,11,12). The first-order valence-electron chi connectivity index (χ1n) is 4.15. The maximum atomic E-state index is 10.4. The normalized spacial score (nSPS) is 13.3. The van der Waals surface area contributed by atoms with Crippen molar-refractivity contribution in [2.75, 3.05) is 27.2 Å². The van der Waals surface area contributed by atoms with Crippen LogP contribution in [0.1, 0.15) is 13.3 Å². The molecule has 12 heavy (non-hydrogen) atoms. The zero-order chi connectivity index (χ0) is 9.56. The molecule has 0 bridgehead atoms. The fraction of sp³-hybridized carbons (Fsp3) is 0.875. The Labute approximate surface area is 73.6 Å². The van der Waals surface area contributed by atoms with E-state index in [0.29, 0.717) is 0 Å². The summed E-state index contributed by atoms with van der Waals surface area (Å²) in [5, 5.41) is 11.4. The molecule has 72 valence electrons. The SMILES string of the molecule is CC(NCCCN(C)C)C(=O)O. The van der Waals surface area contributed by atoms with Crippen LogP contribution in [0.4, 0.5) is 0 Å². The molecule has 4 nitrogen and oxygen atoms in total. The first-order valence-corrected chi connectivity index (χ1v) is 4.15. The van der Waals surface area contributed by atoms with E-state index in [9.17, 15) is 4.79 Å². The third-order valence-corrected chi connectivity index (χ3v) is 1.60. The van der Waals surface area contributed by atoms with Crippen LogP contribution in [0.15, 0.2) is 0 Å². The predicted molar refractivity (Wildman–Crippen MR) is 48.3 cm³/mol. The molecule has 0 radical (unpaired) electrons. The average molecular weight is 174 g/mol. The van der Waals surface area contributed by atoms with Crippen LogP contribution in [0, 0.1) is 0 Å². The summed E-state index contributed by atoms with van der Waals surface area (Å²) in [6.45, 7) is 3.39. The van der Waals surface area contributed by atoms with Crippen LogP contribution >= 0.6 is 0 Å². The van der Waals surface area contributed by atoms with Crippen LogP contribution in [0.2, 0.25) is 0 Å². The minimum Gasteiger partial charge on any atom is -0.480 e. The van der Waals surface area contributed by atoms with Gasteiger partial charge in [0.25, 0.3) is 0 Å². The summed E-state index contributed by atoms with van der Waals surface area (Å²) >= 11 is 0. The van der Waals surface area contributed by atoms with Crippen LogP contribution < -0.4 is 5.32 Å². The van der Waals surface area contributed by atoms with Crippen molar-refractivity contribution < 1.29 is 9.90 Å². The number of aliphatic carboxylic acids is 1. The lowest BCUT2D eigenvalue weighted by molar-refractivity contribution is -0.138. The highest BCUT2D eigenvalue weighted by atomic mass is 16.4. The van der Waals surface area contributed by atoms with Crippen LogP contribution in [-0.2, 0) is 4.79 Å². The summed E-state index contributed by atoms with van der Waals surface area (Å²) in [4.78, 5) is 12.4. The van der Waals surface area contributed by atoms with Gasteiger partial charge >= 0.3 is 5.97 Å². The first-order chi connectivity index (χ1) is 5.54. The summed E-state index contributed by atoms with van der Waals surface area (Å²) in [6.07, 6.45) is 0.977. The van der Waals surface area contributed by atoms with Gasteiger partial charge in [-0.2, -0.15) is 0 Å². The molecule has 0 saturated heterocycles. The average Bonchev–Trinajstić information content (AvgIpc) is 1.97. The Hall–Kier alpha value is -0.610. The van der Waals surface area contributed by atoms with E-state index >= 15 is 0 Å². The van der Waals surface area contributed by atoms with Crippen molar-refractivity contribution in [1.29, 1.82) is 0 Å². The minimum atomic E-state index is -0.792. The monoisotopic (exact) mass is 174 g/mol. The fourth-order valence-electron chi connectivity index (χ4n) is 0.801. The molecular weight excluding hydrogens is 156 g/mol.